The Morgan fingerprint density at radius 3 is 2.42 bits per heavy atom. The predicted octanol–water partition coefficient (Wildman–Crippen LogP) is 4.69. The Morgan fingerprint density at radius 2 is 1.54 bits per heavy atom. The Hall–Kier alpha value is -2.81. The summed E-state index contributed by atoms with van der Waals surface area (Å²) in [5, 5.41) is 5.18. The van der Waals surface area contributed by atoms with Crippen molar-refractivity contribution < 1.29 is 4.79 Å². The molecule has 1 aliphatic heterocycles. The van der Waals surface area contributed by atoms with E-state index in [1.54, 1.807) is 0 Å². The van der Waals surface area contributed by atoms with Crippen molar-refractivity contribution in [3.8, 4) is 0 Å². The lowest BCUT2D eigenvalue weighted by atomic mass is 10.0. The van der Waals surface area contributed by atoms with E-state index >= 15 is 0 Å². The molecule has 0 bridgehead atoms. The third-order valence-corrected chi connectivity index (χ3v) is 4.63. The summed E-state index contributed by atoms with van der Waals surface area (Å²) in [7, 11) is 0. The van der Waals surface area contributed by atoms with Crippen molar-refractivity contribution in [1.82, 2.24) is 0 Å². The molecule has 0 radical (unpaired) electrons. The molecule has 120 valence electrons. The number of fused-ring (bicyclic) bond motifs is 1. The van der Waals surface area contributed by atoms with Gasteiger partial charge in [-0.1, -0.05) is 48.5 Å². The summed E-state index contributed by atoms with van der Waals surface area (Å²) < 4.78 is 0. The molecule has 3 aromatic rings. The second-order valence-corrected chi connectivity index (χ2v) is 6.19. The number of hydrogen-bond donors (Lipinski definition) is 1. The molecule has 0 saturated carbocycles. The van der Waals surface area contributed by atoms with Crippen molar-refractivity contribution in [1.29, 1.82) is 0 Å². The highest BCUT2D eigenvalue weighted by Gasteiger charge is 2.17. The molecule has 1 fully saturated rings. The number of nitrogens with one attached hydrogen (secondary N) is 1. The van der Waals surface area contributed by atoms with Gasteiger partial charge in [0.05, 0.1) is 11.4 Å². The number of rotatable bonds is 3. The first-order valence-electron chi connectivity index (χ1n) is 8.46. The van der Waals surface area contributed by atoms with Gasteiger partial charge >= 0.3 is 0 Å². The van der Waals surface area contributed by atoms with Crippen LogP contribution < -0.4 is 10.2 Å². The van der Waals surface area contributed by atoms with E-state index in [0.29, 0.717) is 5.56 Å². The Labute approximate surface area is 141 Å². The summed E-state index contributed by atoms with van der Waals surface area (Å²) in [5.41, 5.74) is 2.71. The second-order valence-electron chi connectivity index (χ2n) is 6.19. The quantitative estimate of drug-likeness (QED) is 0.760. The molecule has 1 N–H and O–H groups in total. The van der Waals surface area contributed by atoms with Crippen LogP contribution >= 0.6 is 0 Å². The van der Waals surface area contributed by atoms with Gasteiger partial charge in [0.25, 0.3) is 5.91 Å². The fourth-order valence-corrected chi connectivity index (χ4v) is 3.43. The largest absolute Gasteiger partial charge is 0.370 e. The number of nitrogens with zero attached hydrogens (tertiary/aromatic N) is 1. The molecule has 0 aliphatic carbocycles. The van der Waals surface area contributed by atoms with Crippen LogP contribution in [0.5, 0.6) is 0 Å². The van der Waals surface area contributed by atoms with Crippen LogP contribution in [0, 0.1) is 0 Å². The van der Waals surface area contributed by atoms with Crippen LogP contribution in [-0.4, -0.2) is 19.0 Å². The van der Waals surface area contributed by atoms with Crippen LogP contribution in [0.15, 0.2) is 66.7 Å². The standard InChI is InChI=1S/C21H20N2O/c24-21(18-11-7-9-16-8-1-2-10-17(16)18)22-19-12-3-4-13-20(19)23-14-5-6-15-23/h1-4,7-13H,5-6,14-15H2,(H,22,24). The third-order valence-electron chi connectivity index (χ3n) is 4.63. The molecule has 0 spiro atoms. The lowest BCUT2D eigenvalue weighted by Gasteiger charge is -2.21. The van der Waals surface area contributed by atoms with Gasteiger partial charge in [-0.3, -0.25) is 4.79 Å². The molecular weight excluding hydrogens is 296 g/mol. The van der Waals surface area contributed by atoms with E-state index in [1.165, 1.54) is 12.8 Å². The highest BCUT2D eigenvalue weighted by Crippen LogP contribution is 2.29. The molecule has 1 amide bonds. The molecule has 0 unspecified atom stereocenters. The summed E-state index contributed by atoms with van der Waals surface area (Å²) in [5.74, 6) is -0.0570. The van der Waals surface area contributed by atoms with E-state index in [9.17, 15) is 4.79 Å². The van der Waals surface area contributed by atoms with Gasteiger partial charge in [0.1, 0.15) is 0 Å². The predicted molar refractivity (Wildman–Crippen MR) is 99.8 cm³/mol. The lowest BCUT2D eigenvalue weighted by Crippen LogP contribution is -2.21. The molecule has 3 heteroatoms. The van der Waals surface area contributed by atoms with Gasteiger partial charge in [-0.05, 0) is 41.8 Å². The zero-order valence-corrected chi connectivity index (χ0v) is 13.5. The van der Waals surface area contributed by atoms with Gasteiger partial charge in [0.2, 0.25) is 0 Å². The number of amides is 1. The topological polar surface area (TPSA) is 32.3 Å². The first-order chi connectivity index (χ1) is 11.8. The van der Waals surface area contributed by atoms with E-state index in [-0.39, 0.29) is 5.91 Å². The summed E-state index contributed by atoms with van der Waals surface area (Å²) in [6.45, 7) is 2.11. The summed E-state index contributed by atoms with van der Waals surface area (Å²) in [6.07, 6.45) is 2.43. The van der Waals surface area contributed by atoms with E-state index in [4.69, 9.17) is 0 Å². The van der Waals surface area contributed by atoms with Crippen LogP contribution in [0.2, 0.25) is 0 Å². The van der Waals surface area contributed by atoms with Gasteiger partial charge in [-0.2, -0.15) is 0 Å². The van der Waals surface area contributed by atoms with E-state index in [0.717, 1.165) is 35.2 Å². The molecule has 0 atom stereocenters. The molecule has 3 nitrogen and oxygen atoms in total. The lowest BCUT2D eigenvalue weighted by molar-refractivity contribution is 0.102. The SMILES string of the molecule is O=C(Nc1ccccc1N1CCCC1)c1cccc2ccccc12. The Morgan fingerprint density at radius 1 is 0.833 bits per heavy atom. The summed E-state index contributed by atoms with van der Waals surface area (Å²) in [6, 6.07) is 21.9. The van der Waals surface area contributed by atoms with Gasteiger partial charge in [0.15, 0.2) is 0 Å². The van der Waals surface area contributed by atoms with Crippen LogP contribution in [0.1, 0.15) is 23.2 Å². The summed E-state index contributed by atoms with van der Waals surface area (Å²) >= 11 is 0. The highest BCUT2D eigenvalue weighted by atomic mass is 16.1. The van der Waals surface area contributed by atoms with Crippen molar-refractivity contribution in [3.05, 3.63) is 72.3 Å². The molecule has 0 aromatic heterocycles. The van der Waals surface area contributed by atoms with Crippen molar-refractivity contribution in [2.75, 3.05) is 23.3 Å². The Kier molecular flexibility index (Phi) is 3.91. The van der Waals surface area contributed by atoms with Crippen LogP contribution in [0.4, 0.5) is 11.4 Å². The van der Waals surface area contributed by atoms with Crippen molar-refractivity contribution >= 4 is 28.1 Å². The minimum atomic E-state index is -0.0570. The minimum absolute atomic E-state index is 0.0570. The van der Waals surface area contributed by atoms with Crippen LogP contribution in [-0.2, 0) is 0 Å². The van der Waals surface area contributed by atoms with Gasteiger partial charge in [-0.25, -0.2) is 0 Å². The fourth-order valence-electron chi connectivity index (χ4n) is 3.43. The molecule has 1 aliphatic rings. The van der Waals surface area contributed by atoms with Crippen molar-refractivity contribution in [2.45, 2.75) is 12.8 Å². The van der Waals surface area contributed by atoms with E-state index in [2.05, 4.69) is 16.3 Å². The van der Waals surface area contributed by atoms with Crippen LogP contribution in [0.25, 0.3) is 10.8 Å². The first kappa shape index (κ1) is 14.8. The fraction of sp³-hybridized carbons (Fsp3) is 0.190. The molecule has 4 rings (SSSR count). The molecule has 24 heavy (non-hydrogen) atoms. The Balaban J connectivity index is 1.67. The first-order valence-corrected chi connectivity index (χ1v) is 8.46. The molecule has 3 aromatic carbocycles. The number of anilines is 2. The Bertz CT molecular complexity index is 876. The van der Waals surface area contributed by atoms with Crippen LogP contribution in [0.3, 0.4) is 0 Å². The second kappa shape index (κ2) is 6.36. The van der Waals surface area contributed by atoms with Gasteiger partial charge in [-0.15, -0.1) is 0 Å². The summed E-state index contributed by atoms with van der Waals surface area (Å²) in [4.78, 5) is 15.2. The zero-order valence-electron chi connectivity index (χ0n) is 13.5. The minimum Gasteiger partial charge on any atom is -0.370 e. The number of benzene rings is 3. The average molecular weight is 316 g/mol. The number of carbonyl (C=O) groups excluding carboxylic acids is 1. The third kappa shape index (κ3) is 2.73. The van der Waals surface area contributed by atoms with E-state index in [1.807, 2.05) is 60.7 Å². The molecule has 1 heterocycles. The van der Waals surface area contributed by atoms with Crippen molar-refractivity contribution in [2.24, 2.45) is 0 Å². The maximum Gasteiger partial charge on any atom is 0.256 e. The normalized spacial score (nSPS) is 14.1. The molecular formula is C21H20N2O. The van der Waals surface area contributed by atoms with E-state index < -0.39 is 0 Å². The maximum absolute atomic E-state index is 12.9. The average Bonchev–Trinajstić information content (AvgIpc) is 3.16. The number of para-hydroxylation sites is 2. The zero-order chi connectivity index (χ0) is 16.4. The smallest absolute Gasteiger partial charge is 0.256 e. The monoisotopic (exact) mass is 316 g/mol. The van der Waals surface area contributed by atoms with Gasteiger partial charge < -0.3 is 10.2 Å². The van der Waals surface area contributed by atoms with Gasteiger partial charge in [0, 0.05) is 18.7 Å². The van der Waals surface area contributed by atoms with Crippen molar-refractivity contribution in [3.63, 3.8) is 0 Å². The number of hydrogen-bond acceptors (Lipinski definition) is 2. The highest BCUT2D eigenvalue weighted by molar-refractivity contribution is 6.13. The maximum atomic E-state index is 12.9. The molecule has 1 saturated heterocycles. The number of carbonyl (C=O) groups is 1.